The maximum Gasteiger partial charge on any atom is 0.152 e. The van der Waals surface area contributed by atoms with Gasteiger partial charge in [-0.25, -0.2) is 4.98 Å². The molecule has 0 radical (unpaired) electrons. The van der Waals surface area contributed by atoms with E-state index in [4.69, 9.17) is 4.42 Å². The summed E-state index contributed by atoms with van der Waals surface area (Å²) in [6.45, 7) is 3.56. The van der Waals surface area contributed by atoms with Gasteiger partial charge >= 0.3 is 0 Å². The summed E-state index contributed by atoms with van der Waals surface area (Å²) in [5.74, 6) is 1.72. The van der Waals surface area contributed by atoms with Crippen molar-refractivity contribution in [3.63, 3.8) is 0 Å². The molecule has 3 aromatic heterocycles. The van der Waals surface area contributed by atoms with Crippen molar-refractivity contribution in [2.45, 2.75) is 19.9 Å². The van der Waals surface area contributed by atoms with E-state index >= 15 is 0 Å². The average Bonchev–Trinajstić information content (AvgIpc) is 3.16. The van der Waals surface area contributed by atoms with E-state index < -0.39 is 0 Å². The molecule has 0 spiro atoms. The van der Waals surface area contributed by atoms with E-state index in [0.717, 1.165) is 48.0 Å². The molecule has 0 aliphatic rings. The Bertz CT molecular complexity index is 653. The van der Waals surface area contributed by atoms with E-state index in [2.05, 4.69) is 25.5 Å². The maximum absolute atomic E-state index is 5.62. The molecule has 0 unspecified atom stereocenters. The monoisotopic (exact) mass is 271 g/mol. The lowest BCUT2D eigenvalue weighted by Crippen LogP contribution is -2.16. The van der Waals surface area contributed by atoms with Crippen molar-refractivity contribution in [2.75, 3.05) is 6.54 Å². The molecule has 3 N–H and O–H groups in total. The molecule has 0 aliphatic carbocycles. The largest absolute Gasteiger partial charge is 0.460 e. The van der Waals surface area contributed by atoms with Gasteiger partial charge in [0.15, 0.2) is 5.76 Å². The van der Waals surface area contributed by atoms with E-state index in [9.17, 15) is 0 Å². The van der Waals surface area contributed by atoms with Gasteiger partial charge in [0, 0.05) is 37.0 Å². The fourth-order valence-electron chi connectivity index (χ4n) is 2.09. The van der Waals surface area contributed by atoms with Crippen molar-refractivity contribution >= 4 is 0 Å². The molecule has 0 fully saturated rings. The number of hydrogen-bond acceptors (Lipinski definition) is 4. The average molecular weight is 271 g/mol. The van der Waals surface area contributed by atoms with Gasteiger partial charge in [-0.3, -0.25) is 5.10 Å². The highest BCUT2D eigenvalue weighted by Gasteiger charge is 2.10. The van der Waals surface area contributed by atoms with Crippen LogP contribution in [0.3, 0.4) is 0 Å². The number of nitrogens with one attached hydrogen (secondary N) is 3. The van der Waals surface area contributed by atoms with Gasteiger partial charge in [0.2, 0.25) is 0 Å². The standard InChI is InChI=1S/C14H17N5O/c1-10-2-3-13(20-10)14-11(7-18-19-14)6-15-5-4-12-8-16-9-17-12/h2-3,7-9,15H,4-6H2,1H3,(H,16,17)(H,18,19). The Morgan fingerprint density at radius 3 is 3.00 bits per heavy atom. The number of furan rings is 1. The van der Waals surface area contributed by atoms with E-state index in [0.29, 0.717) is 0 Å². The predicted octanol–water partition coefficient (Wildman–Crippen LogP) is 2.03. The Kier molecular flexibility index (Phi) is 3.64. The molecule has 0 saturated heterocycles. The molecular formula is C14H17N5O. The van der Waals surface area contributed by atoms with Crippen LogP contribution in [0.15, 0.2) is 35.3 Å². The molecule has 20 heavy (non-hydrogen) atoms. The lowest BCUT2D eigenvalue weighted by Gasteiger charge is -2.03. The van der Waals surface area contributed by atoms with Crippen molar-refractivity contribution in [2.24, 2.45) is 0 Å². The van der Waals surface area contributed by atoms with Gasteiger partial charge < -0.3 is 14.7 Å². The first-order valence-corrected chi connectivity index (χ1v) is 6.60. The highest BCUT2D eigenvalue weighted by Crippen LogP contribution is 2.23. The Morgan fingerprint density at radius 2 is 2.25 bits per heavy atom. The van der Waals surface area contributed by atoms with Gasteiger partial charge in [0.05, 0.1) is 12.5 Å². The van der Waals surface area contributed by atoms with E-state index in [1.54, 1.807) is 6.33 Å². The SMILES string of the molecule is Cc1ccc(-c2[nH]ncc2CNCCc2cnc[nH]2)o1. The number of imidazole rings is 1. The van der Waals surface area contributed by atoms with Gasteiger partial charge in [-0.15, -0.1) is 0 Å². The van der Waals surface area contributed by atoms with Gasteiger partial charge in [-0.2, -0.15) is 5.10 Å². The van der Waals surface area contributed by atoms with Crippen molar-refractivity contribution in [3.8, 4) is 11.5 Å². The predicted molar refractivity (Wildman–Crippen MR) is 75.0 cm³/mol. The quantitative estimate of drug-likeness (QED) is 0.599. The summed E-state index contributed by atoms with van der Waals surface area (Å²) in [7, 11) is 0. The summed E-state index contributed by atoms with van der Waals surface area (Å²) in [5, 5.41) is 10.5. The zero-order chi connectivity index (χ0) is 13.8. The van der Waals surface area contributed by atoms with Crippen molar-refractivity contribution in [1.29, 1.82) is 0 Å². The van der Waals surface area contributed by atoms with Crippen LogP contribution in [0.1, 0.15) is 17.0 Å². The number of aryl methyl sites for hydroxylation is 1. The minimum absolute atomic E-state index is 0.750. The van der Waals surface area contributed by atoms with Crippen molar-refractivity contribution < 1.29 is 4.42 Å². The molecule has 104 valence electrons. The molecule has 3 aromatic rings. The van der Waals surface area contributed by atoms with Crippen LogP contribution in [0.4, 0.5) is 0 Å². The summed E-state index contributed by atoms with van der Waals surface area (Å²) in [6, 6.07) is 3.91. The number of aromatic nitrogens is 4. The van der Waals surface area contributed by atoms with Crippen LogP contribution in [0.5, 0.6) is 0 Å². The molecule has 3 heterocycles. The zero-order valence-corrected chi connectivity index (χ0v) is 11.3. The molecule has 0 aliphatic heterocycles. The number of rotatable bonds is 6. The third kappa shape index (κ3) is 2.80. The van der Waals surface area contributed by atoms with Crippen LogP contribution in [0.2, 0.25) is 0 Å². The van der Waals surface area contributed by atoms with Crippen molar-refractivity contribution in [1.82, 2.24) is 25.5 Å². The van der Waals surface area contributed by atoms with Gasteiger partial charge in [-0.1, -0.05) is 0 Å². The first kappa shape index (κ1) is 12.7. The lowest BCUT2D eigenvalue weighted by atomic mass is 10.2. The molecule has 6 nitrogen and oxygen atoms in total. The van der Waals surface area contributed by atoms with E-state index in [1.165, 1.54) is 0 Å². The Balaban J connectivity index is 1.57. The third-order valence-corrected chi connectivity index (χ3v) is 3.15. The minimum atomic E-state index is 0.750. The highest BCUT2D eigenvalue weighted by atomic mass is 16.3. The number of hydrogen-bond donors (Lipinski definition) is 3. The number of H-pyrrole nitrogens is 2. The fourth-order valence-corrected chi connectivity index (χ4v) is 2.09. The van der Waals surface area contributed by atoms with Gasteiger partial charge in [0.25, 0.3) is 0 Å². The smallest absolute Gasteiger partial charge is 0.152 e. The Labute approximate surface area is 116 Å². The normalized spacial score (nSPS) is 11.1. The topological polar surface area (TPSA) is 82.5 Å². The summed E-state index contributed by atoms with van der Waals surface area (Å²) in [6.07, 6.45) is 6.29. The van der Waals surface area contributed by atoms with Gasteiger partial charge in [-0.05, 0) is 19.1 Å². The minimum Gasteiger partial charge on any atom is -0.460 e. The van der Waals surface area contributed by atoms with Gasteiger partial charge in [0.1, 0.15) is 11.5 Å². The number of nitrogens with zero attached hydrogens (tertiary/aromatic N) is 2. The molecule has 0 amide bonds. The molecule has 0 bridgehead atoms. The Hall–Kier alpha value is -2.34. The molecule has 0 atom stereocenters. The van der Waals surface area contributed by atoms with Crippen LogP contribution in [-0.4, -0.2) is 26.7 Å². The molecule has 3 rings (SSSR count). The maximum atomic E-state index is 5.62. The third-order valence-electron chi connectivity index (χ3n) is 3.15. The van der Waals surface area contributed by atoms with Crippen molar-refractivity contribution in [3.05, 3.63) is 47.9 Å². The first-order chi connectivity index (χ1) is 9.83. The fraction of sp³-hybridized carbons (Fsp3) is 0.286. The summed E-state index contributed by atoms with van der Waals surface area (Å²) in [5.41, 5.74) is 3.17. The summed E-state index contributed by atoms with van der Waals surface area (Å²) < 4.78 is 5.62. The van der Waals surface area contributed by atoms with Crippen LogP contribution < -0.4 is 5.32 Å². The summed E-state index contributed by atoms with van der Waals surface area (Å²) >= 11 is 0. The molecule has 0 saturated carbocycles. The summed E-state index contributed by atoms with van der Waals surface area (Å²) in [4.78, 5) is 7.08. The number of aromatic amines is 2. The van der Waals surface area contributed by atoms with Crippen LogP contribution in [-0.2, 0) is 13.0 Å². The molecule has 6 heteroatoms. The Morgan fingerprint density at radius 1 is 1.30 bits per heavy atom. The van der Waals surface area contributed by atoms with E-state index in [-0.39, 0.29) is 0 Å². The molecular weight excluding hydrogens is 254 g/mol. The van der Waals surface area contributed by atoms with Crippen LogP contribution in [0.25, 0.3) is 11.5 Å². The molecule has 0 aromatic carbocycles. The zero-order valence-electron chi connectivity index (χ0n) is 11.3. The van der Waals surface area contributed by atoms with Crippen LogP contribution >= 0.6 is 0 Å². The second-order valence-corrected chi connectivity index (χ2v) is 4.68. The first-order valence-electron chi connectivity index (χ1n) is 6.60. The lowest BCUT2D eigenvalue weighted by molar-refractivity contribution is 0.545. The second-order valence-electron chi connectivity index (χ2n) is 4.68. The highest BCUT2D eigenvalue weighted by molar-refractivity contribution is 5.56. The van der Waals surface area contributed by atoms with E-state index in [1.807, 2.05) is 31.5 Å². The second kappa shape index (κ2) is 5.75. The van der Waals surface area contributed by atoms with Crippen LogP contribution in [0, 0.1) is 6.92 Å².